The number of methoxy groups -OCH3 is 1. The molecule has 0 radical (unpaired) electrons. The van der Waals surface area contributed by atoms with Gasteiger partial charge in [-0.1, -0.05) is 0 Å². The molecule has 0 aliphatic carbocycles. The maximum absolute atomic E-state index is 13.5. The molecular formula is C15H16FNO3S. The second-order valence-corrected chi connectivity index (χ2v) is 5.21. The molecule has 21 heavy (non-hydrogen) atoms. The maximum atomic E-state index is 13.5. The van der Waals surface area contributed by atoms with Crippen LogP contribution >= 0.6 is 11.8 Å². The monoisotopic (exact) mass is 309 g/mol. The molecule has 0 fully saturated rings. The van der Waals surface area contributed by atoms with Crippen LogP contribution in [0.1, 0.15) is 21.9 Å². The molecule has 6 heteroatoms. The Balaban J connectivity index is 2.04. The van der Waals surface area contributed by atoms with Gasteiger partial charge in [-0.15, -0.1) is 0 Å². The highest BCUT2D eigenvalue weighted by molar-refractivity contribution is 7.97. The Labute approximate surface area is 126 Å². The van der Waals surface area contributed by atoms with Crippen molar-refractivity contribution in [2.45, 2.75) is 12.3 Å². The van der Waals surface area contributed by atoms with Crippen LogP contribution in [0, 0.1) is 5.82 Å². The van der Waals surface area contributed by atoms with Gasteiger partial charge in [-0.25, -0.2) is 9.18 Å². The number of ether oxygens (including phenoxy) is 1. The van der Waals surface area contributed by atoms with Crippen molar-refractivity contribution < 1.29 is 18.3 Å². The van der Waals surface area contributed by atoms with E-state index in [1.807, 2.05) is 18.4 Å². The van der Waals surface area contributed by atoms with Crippen LogP contribution < -0.4 is 5.32 Å². The van der Waals surface area contributed by atoms with Crippen LogP contribution in [0.25, 0.3) is 0 Å². The predicted molar refractivity (Wildman–Crippen MR) is 81.0 cm³/mol. The third kappa shape index (κ3) is 4.01. The number of carbonyl (C=O) groups is 1. The smallest absolute Gasteiger partial charge is 0.340 e. The van der Waals surface area contributed by atoms with Crippen molar-refractivity contribution >= 4 is 23.4 Å². The molecule has 0 saturated carbocycles. The van der Waals surface area contributed by atoms with Crippen molar-refractivity contribution in [2.75, 3.05) is 18.7 Å². The van der Waals surface area contributed by atoms with Gasteiger partial charge in [0.2, 0.25) is 0 Å². The molecular weight excluding hydrogens is 293 g/mol. The van der Waals surface area contributed by atoms with Crippen molar-refractivity contribution in [2.24, 2.45) is 0 Å². The molecule has 0 spiro atoms. The molecule has 1 N–H and O–H groups in total. The topological polar surface area (TPSA) is 51.5 Å². The number of carbonyl (C=O) groups excluding carboxylic acids is 1. The number of furan rings is 1. The van der Waals surface area contributed by atoms with E-state index in [1.165, 1.54) is 19.2 Å². The van der Waals surface area contributed by atoms with Crippen molar-refractivity contribution in [1.82, 2.24) is 0 Å². The fourth-order valence-electron chi connectivity index (χ4n) is 1.83. The van der Waals surface area contributed by atoms with E-state index in [2.05, 4.69) is 10.1 Å². The van der Waals surface area contributed by atoms with E-state index in [-0.39, 0.29) is 5.56 Å². The Morgan fingerprint density at radius 2 is 2.10 bits per heavy atom. The standard InChI is InChI=1S/C15H16FNO3S/c1-19-15(18)13-7-10(3-6-14(13)16)17-8-11-4-5-12(20-11)9-21-2/h3-7,17H,8-9H2,1-2H3. The summed E-state index contributed by atoms with van der Waals surface area (Å²) in [6.07, 6.45) is 2.01. The fourth-order valence-corrected chi connectivity index (χ4v) is 2.27. The summed E-state index contributed by atoms with van der Waals surface area (Å²) in [5.41, 5.74) is 0.532. The minimum atomic E-state index is -0.698. The second kappa shape index (κ2) is 7.17. The van der Waals surface area contributed by atoms with E-state index in [0.29, 0.717) is 12.2 Å². The molecule has 0 aliphatic heterocycles. The summed E-state index contributed by atoms with van der Waals surface area (Å²) in [5.74, 6) is 1.21. The zero-order valence-electron chi connectivity index (χ0n) is 11.8. The van der Waals surface area contributed by atoms with E-state index in [0.717, 1.165) is 17.3 Å². The summed E-state index contributed by atoms with van der Waals surface area (Å²) in [5, 5.41) is 3.09. The van der Waals surface area contributed by atoms with Crippen molar-refractivity contribution in [3.8, 4) is 0 Å². The lowest BCUT2D eigenvalue weighted by Gasteiger charge is -2.07. The summed E-state index contributed by atoms with van der Waals surface area (Å²) in [6.45, 7) is 0.459. The van der Waals surface area contributed by atoms with Crippen molar-refractivity contribution in [1.29, 1.82) is 0 Å². The lowest BCUT2D eigenvalue weighted by atomic mass is 10.2. The van der Waals surface area contributed by atoms with Crippen LogP contribution in [0.4, 0.5) is 10.1 Å². The lowest BCUT2D eigenvalue weighted by Crippen LogP contribution is -2.06. The van der Waals surface area contributed by atoms with Crippen molar-refractivity contribution in [3.63, 3.8) is 0 Å². The molecule has 0 unspecified atom stereocenters. The van der Waals surface area contributed by atoms with Gasteiger partial charge >= 0.3 is 5.97 Å². The molecule has 0 bridgehead atoms. The minimum absolute atomic E-state index is 0.0926. The largest absolute Gasteiger partial charge is 0.465 e. The first-order valence-electron chi connectivity index (χ1n) is 6.32. The van der Waals surface area contributed by atoms with Crippen LogP contribution in [0.15, 0.2) is 34.7 Å². The number of hydrogen-bond acceptors (Lipinski definition) is 5. The highest BCUT2D eigenvalue weighted by Crippen LogP contribution is 2.18. The zero-order chi connectivity index (χ0) is 15.2. The normalized spacial score (nSPS) is 10.4. The molecule has 112 valence electrons. The number of thioether (sulfide) groups is 1. The molecule has 1 heterocycles. The molecule has 0 aliphatic rings. The minimum Gasteiger partial charge on any atom is -0.465 e. The Morgan fingerprint density at radius 1 is 1.33 bits per heavy atom. The SMILES string of the molecule is COC(=O)c1cc(NCc2ccc(CSC)o2)ccc1F. The molecule has 1 aromatic carbocycles. The number of halogens is 1. The average Bonchev–Trinajstić information content (AvgIpc) is 2.94. The van der Waals surface area contributed by atoms with Gasteiger partial charge in [-0.3, -0.25) is 0 Å². The van der Waals surface area contributed by atoms with Gasteiger partial charge in [0.1, 0.15) is 17.3 Å². The number of rotatable bonds is 6. The van der Waals surface area contributed by atoms with Crippen LogP contribution in [0.3, 0.4) is 0 Å². The Kier molecular flexibility index (Phi) is 5.27. The third-order valence-electron chi connectivity index (χ3n) is 2.84. The zero-order valence-corrected chi connectivity index (χ0v) is 12.6. The molecule has 4 nitrogen and oxygen atoms in total. The summed E-state index contributed by atoms with van der Waals surface area (Å²) in [6, 6.07) is 8.04. The summed E-state index contributed by atoms with van der Waals surface area (Å²) < 4.78 is 23.7. The highest BCUT2D eigenvalue weighted by atomic mass is 32.2. The fraction of sp³-hybridized carbons (Fsp3) is 0.267. The van der Waals surface area contributed by atoms with Gasteiger partial charge in [0.05, 0.1) is 25.0 Å². The number of hydrogen-bond donors (Lipinski definition) is 1. The summed E-state index contributed by atoms with van der Waals surface area (Å²) >= 11 is 1.68. The van der Waals surface area contributed by atoms with Gasteiger partial charge in [0.15, 0.2) is 0 Å². The third-order valence-corrected chi connectivity index (χ3v) is 3.42. The lowest BCUT2D eigenvalue weighted by molar-refractivity contribution is 0.0595. The highest BCUT2D eigenvalue weighted by Gasteiger charge is 2.12. The Morgan fingerprint density at radius 3 is 2.81 bits per heavy atom. The Hall–Kier alpha value is -1.95. The second-order valence-electron chi connectivity index (χ2n) is 4.34. The Bertz CT molecular complexity index is 627. The van der Waals surface area contributed by atoms with Crippen LogP contribution in [0.5, 0.6) is 0 Å². The van der Waals surface area contributed by atoms with Crippen LogP contribution in [-0.4, -0.2) is 19.3 Å². The van der Waals surface area contributed by atoms with Gasteiger partial charge < -0.3 is 14.5 Å². The molecule has 0 amide bonds. The number of esters is 1. The van der Waals surface area contributed by atoms with Crippen molar-refractivity contribution in [3.05, 3.63) is 53.2 Å². The van der Waals surface area contributed by atoms with E-state index in [1.54, 1.807) is 17.8 Å². The van der Waals surface area contributed by atoms with Gasteiger partial charge in [-0.2, -0.15) is 11.8 Å². The average molecular weight is 309 g/mol. The first-order valence-corrected chi connectivity index (χ1v) is 7.71. The first-order chi connectivity index (χ1) is 10.1. The number of nitrogens with one attached hydrogen (secondary N) is 1. The summed E-state index contributed by atoms with van der Waals surface area (Å²) in [4.78, 5) is 11.4. The molecule has 0 atom stereocenters. The molecule has 1 aromatic heterocycles. The maximum Gasteiger partial charge on any atom is 0.340 e. The van der Waals surface area contributed by atoms with Crippen LogP contribution in [-0.2, 0) is 17.0 Å². The quantitative estimate of drug-likeness (QED) is 0.825. The van der Waals surface area contributed by atoms with Gasteiger partial charge in [0, 0.05) is 5.69 Å². The van der Waals surface area contributed by atoms with Crippen LogP contribution in [0.2, 0.25) is 0 Å². The predicted octanol–water partition coefficient (Wildman–Crippen LogP) is 3.68. The van der Waals surface area contributed by atoms with E-state index in [4.69, 9.17) is 4.42 Å². The summed E-state index contributed by atoms with van der Waals surface area (Å²) in [7, 11) is 1.22. The van der Waals surface area contributed by atoms with Gasteiger partial charge in [0.25, 0.3) is 0 Å². The molecule has 2 rings (SSSR count). The number of benzene rings is 1. The van der Waals surface area contributed by atoms with E-state index in [9.17, 15) is 9.18 Å². The van der Waals surface area contributed by atoms with Gasteiger partial charge in [-0.05, 0) is 36.6 Å². The van der Waals surface area contributed by atoms with E-state index < -0.39 is 11.8 Å². The molecule has 0 saturated heterocycles. The first kappa shape index (κ1) is 15.4. The molecule has 2 aromatic rings. The number of anilines is 1. The van der Waals surface area contributed by atoms with E-state index >= 15 is 0 Å².